The van der Waals surface area contributed by atoms with Crippen molar-refractivity contribution in [1.82, 2.24) is 0 Å². The summed E-state index contributed by atoms with van der Waals surface area (Å²) in [7, 11) is 1.19. The molecule has 0 atom stereocenters. The van der Waals surface area contributed by atoms with Gasteiger partial charge >= 0.3 is 6.09 Å². The fourth-order valence-electron chi connectivity index (χ4n) is 2.79. The number of methoxy groups -OCH3 is 1. The summed E-state index contributed by atoms with van der Waals surface area (Å²) in [5.41, 5.74) is 4.29. The van der Waals surface area contributed by atoms with Crippen molar-refractivity contribution in [3.05, 3.63) is 57.6 Å². The highest BCUT2D eigenvalue weighted by atomic mass is 35.5. The molecule has 0 spiro atoms. The third kappa shape index (κ3) is 4.29. The molecule has 0 saturated carbocycles. The SMILES string of the molecule is CCc1cc(CC)c(OCc2c(Cl)cccc2N(O)C(=O)OC)cc1C. The van der Waals surface area contributed by atoms with Crippen molar-refractivity contribution in [3.63, 3.8) is 0 Å². The van der Waals surface area contributed by atoms with Crippen LogP contribution in [0.4, 0.5) is 10.5 Å². The maximum absolute atomic E-state index is 11.6. The topological polar surface area (TPSA) is 59.0 Å². The molecule has 26 heavy (non-hydrogen) atoms. The van der Waals surface area contributed by atoms with Gasteiger partial charge in [0.15, 0.2) is 0 Å². The van der Waals surface area contributed by atoms with E-state index in [1.54, 1.807) is 18.2 Å². The van der Waals surface area contributed by atoms with Gasteiger partial charge in [-0.2, -0.15) is 5.06 Å². The number of halogens is 1. The third-order valence-electron chi connectivity index (χ3n) is 4.32. The Morgan fingerprint density at radius 2 is 1.88 bits per heavy atom. The number of amides is 1. The first-order valence-electron chi connectivity index (χ1n) is 8.52. The molecule has 6 heteroatoms. The number of hydroxylamine groups is 1. The van der Waals surface area contributed by atoms with Crippen LogP contribution in [-0.4, -0.2) is 18.4 Å². The molecule has 2 rings (SSSR count). The van der Waals surface area contributed by atoms with Crippen molar-refractivity contribution in [1.29, 1.82) is 0 Å². The van der Waals surface area contributed by atoms with Crippen molar-refractivity contribution >= 4 is 23.4 Å². The lowest BCUT2D eigenvalue weighted by atomic mass is 10.0. The molecule has 0 bridgehead atoms. The van der Waals surface area contributed by atoms with E-state index < -0.39 is 6.09 Å². The number of hydrogen-bond acceptors (Lipinski definition) is 4. The maximum Gasteiger partial charge on any atom is 0.438 e. The molecule has 0 fully saturated rings. The minimum absolute atomic E-state index is 0.112. The molecule has 0 aromatic heterocycles. The summed E-state index contributed by atoms with van der Waals surface area (Å²) in [5, 5.41) is 10.9. The van der Waals surface area contributed by atoms with Gasteiger partial charge < -0.3 is 9.47 Å². The second-order valence-corrected chi connectivity index (χ2v) is 6.31. The van der Waals surface area contributed by atoms with Gasteiger partial charge in [0.1, 0.15) is 12.4 Å². The monoisotopic (exact) mass is 377 g/mol. The summed E-state index contributed by atoms with van der Waals surface area (Å²) in [6, 6.07) is 9.08. The van der Waals surface area contributed by atoms with E-state index in [0.717, 1.165) is 29.7 Å². The van der Waals surface area contributed by atoms with E-state index in [-0.39, 0.29) is 12.3 Å². The second-order valence-electron chi connectivity index (χ2n) is 5.90. The van der Waals surface area contributed by atoms with Crippen LogP contribution >= 0.6 is 11.6 Å². The van der Waals surface area contributed by atoms with E-state index in [1.165, 1.54) is 12.7 Å². The normalized spacial score (nSPS) is 10.5. The Hall–Kier alpha value is -2.24. The van der Waals surface area contributed by atoms with Gasteiger partial charge in [-0.3, -0.25) is 5.21 Å². The van der Waals surface area contributed by atoms with Crippen LogP contribution in [0.1, 0.15) is 36.1 Å². The fourth-order valence-corrected chi connectivity index (χ4v) is 3.02. The molecule has 0 radical (unpaired) electrons. The lowest BCUT2D eigenvalue weighted by Crippen LogP contribution is -2.28. The van der Waals surface area contributed by atoms with Gasteiger partial charge in [0.2, 0.25) is 0 Å². The lowest BCUT2D eigenvalue weighted by Gasteiger charge is -2.19. The van der Waals surface area contributed by atoms with Crippen molar-refractivity contribution in [2.24, 2.45) is 0 Å². The molecule has 0 heterocycles. The summed E-state index contributed by atoms with van der Waals surface area (Å²) in [6.45, 7) is 6.37. The summed E-state index contributed by atoms with van der Waals surface area (Å²) < 4.78 is 10.6. The predicted molar refractivity (Wildman–Crippen MR) is 102 cm³/mol. The van der Waals surface area contributed by atoms with Crippen LogP contribution < -0.4 is 9.80 Å². The largest absolute Gasteiger partial charge is 0.488 e. The Labute approximate surface area is 159 Å². The number of carbonyl (C=O) groups is 1. The van der Waals surface area contributed by atoms with Gasteiger partial charge in [-0.25, -0.2) is 4.79 Å². The van der Waals surface area contributed by atoms with Gasteiger partial charge in [0, 0.05) is 10.6 Å². The van der Waals surface area contributed by atoms with Gasteiger partial charge in [0.05, 0.1) is 12.8 Å². The highest BCUT2D eigenvalue weighted by molar-refractivity contribution is 6.31. The molecule has 140 valence electrons. The summed E-state index contributed by atoms with van der Waals surface area (Å²) in [6.07, 6.45) is 0.907. The Morgan fingerprint density at radius 1 is 1.19 bits per heavy atom. The standard InChI is InChI=1S/C20H24ClNO4/c1-5-14-11-15(6-2)19(10-13(14)3)26-12-16-17(21)8-7-9-18(16)22(24)20(23)25-4/h7-11,24H,5-6,12H2,1-4H3. The minimum Gasteiger partial charge on any atom is -0.488 e. The summed E-state index contributed by atoms with van der Waals surface area (Å²) in [5.74, 6) is 0.774. The van der Waals surface area contributed by atoms with Crippen LogP contribution in [0, 0.1) is 6.92 Å². The first-order chi connectivity index (χ1) is 12.4. The summed E-state index contributed by atoms with van der Waals surface area (Å²) in [4.78, 5) is 11.6. The Bertz CT molecular complexity index is 792. The van der Waals surface area contributed by atoms with E-state index in [2.05, 4.69) is 31.6 Å². The zero-order valence-electron chi connectivity index (χ0n) is 15.5. The van der Waals surface area contributed by atoms with E-state index >= 15 is 0 Å². The number of rotatable bonds is 6. The number of benzene rings is 2. The van der Waals surface area contributed by atoms with Crippen LogP contribution in [0.2, 0.25) is 5.02 Å². The van der Waals surface area contributed by atoms with Gasteiger partial charge in [-0.15, -0.1) is 0 Å². The molecule has 0 aliphatic carbocycles. The first-order valence-corrected chi connectivity index (χ1v) is 8.90. The molecule has 2 aromatic rings. The fraction of sp³-hybridized carbons (Fsp3) is 0.350. The quantitative estimate of drug-likeness (QED) is 0.547. The first kappa shape index (κ1) is 20.1. The molecule has 1 N–H and O–H groups in total. The van der Waals surface area contributed by atoms with E-state index in [0.29, 0.717) is 15.6 Å². The lowest BCUT2D eigenvalue weighted by molar-refractivity contribution is 0.140. The van der Waals surface area contributed by atoms with Crippen LogP contribution in [0.25, 0.3) is 0 Å². The number of carbonyl (C=O) groups excluding carboxylic acids is 1. The van der Waals surface area contributed by atoms with Crippen LogP contribution in [0.5, 0.6) is 5.75 Å². The van der Waals surface area contributed by atoms with E-state index in [1.807, 2.05) is 6.07 Å². The van der Waals surface area contributed by atoms with Crippen LogP contribution in [0.3, 0.4) is 0 Å². The molecular formula is C20H24ClNO4. The minimum atomic E-state index is -0.897. The molecule has 0 unspecified atom stereocenters. The number of nitrogens with zero attached hydrogens (tertiary/aromatic N) is 1. The zero-order valence-corrected chi connectivity index (χ0v) is 16.3. The molecule has 2 aromatic carbocycles. The number of aryl methyl sites for hydroxylation is 3. The molecule has 0 saturated heterocycles. The Balaban J connectivity index is 2.33. The highest BCUT2D eigenvalue weighted by Gasteiger charge is 2.20. The summed E-state index contributed by atoms with van der Waals surface area (Å²) >= 11 is 6.27. The van der Waals surface area contributed by atoms with Crippen molar-refractivity contribution < 1.29 is 19.5 Å². The molecule has 1 amide bonds. The Morgan fingerprint density at radius 3 is 2.50 bits per heavy atom. The average molecular weight is 378 g/mol. The predicted octanol–water partition coefficient (Wildman–Crippen LogP) is 5.31. The molecule has 5 nitrogen and oxygen atoms in total. The number of hydrogen-bond donors (Lipinski definition) is 1. The highest BCUT2D eigenvalue weighted by Crippen LogP contribution is 2.31. The van der Waals surface area contributed by atoms with E-state index in [9.17, 15) is 10.0 Å². The maximum atomic E-state index is 11.6. The molecule has 0 aliphatic heterocycles. The van der Waals surface area contributed by atoms with Crippen molar-refractivity contribution in [2.45, 2.75) is 40.2 Å². The van der Waals surface area contributed by atoms with Gasteiger partial charge in [0.25, 0.3) is 0 Å². The smallest absolute Gasteiger partial charge is 0.438 e. The number of ether oxygens (including phenoxy) is 2. The average Bonchev–Trinajstić information content (AvgIpc) is 2.65. The second kappa shape index (κ2) is 8.92. The van der Waals surface area contributed by atoms with Crippen molar-refractivity contribution in [2.75, 3.05) is 12.2 Å². The van der Waals surface area contributed by atoms with Gasteiger partial charge in [-0.1, -0.05) is 37.6 Å². The Kier molecular flexibility index (Phi) is 6.89. The van der Waals surface area contributed by atoms with Crippen LogP contribution in [-0.2, 0) is 24.2 Å². The number of anilines is 1. The van der Waals surface area contributed by atoms with Crippen molar-refractivity contribution in [3.8, 4) is 5.75 Å². The zero-order chi connectivity index (χ0) is 19.3. The van der Waals surface area contributed by atoms with E-state index in [4.69, 9.17) is 16.3 Å². The molecular weight excluding hydrogens is 354 g/mol. The van der Waals surface area contributed by atoms with Crippen LogP contribution in [0.15, 0.2) is 30.3 Å². The van der Waals surface area contributed by atoms with Gasteiger partial charge in [-0.05, 0) is 54.7 Å². The third-order valence-corrected chi connectivity index (χ3v) is 4.68. The molecule has 0 aliphatic rings.